The van der Waals surface area contributed by atoms with Crippen LogP contribution < -0.4 is 5.32 Å². The summed E-state index contributed by atoms with van der Waals surface area (Å²) in [6.07, 6.45) is 2.51. The zero-order chi connectivity index (χ0) is 13.5. The van der Waals surface area contributed by atoms with Crippen molar-refractivity contribution in [3.63, 3.8) is 0 Å². The first-order valence-electron chi connectivity index (χ1n) is 7.00. The molecule has 1 atom stereocenters. The molecule has 106 valence electrons. The summed E-state index contributed by atoms with van der Waals surface area (Å²) in [5.74, 6) is 0.703. The predicted molar refractivity (Wildman–Crippen MR) is 81.0 cm³/mol. The molecule has 1 unspecified atom stereocenters. The molecule has 0 radical (unpaired) electrons. The maximum absolute atomic E-state index is 5.86. The quantitative estimate of drug-likeness (QED) is 0.868. The minimum absolute atomic E-state index is 0.703. The first-order chi connectivity index (χ1) is 9.24. The fraction of sp³-hybridized carbons (Fsp3) is 0.600. The predicted octanol–water partition coefficient (Wildman–Crippen LogP) is 3.11. The van der Waals surface area contributed by atoms with Gasteiger partial charge in [0.1, 0.15) is 0 Å². The van der Waals surface area contributed by atoms with Crippen LogP contribution in [0.5, 0.6) is 0 Å². The van der Waals surface area contributed by atoms with Gasteiger partial charge >= 0.3 is 0 Å². The zero-order valence-corrected chi connectivity index (χ0v) is 12.3. The lowest BCUT2D eigenvalue weighted by Crippen LogP contribution is -2.33. The lowest BCUT2D eigenvalue weighted by molar-refractivity contribution is 0.0425. The van der Waals surface area contributed by atoms with Crippen molar-refractivity contribution in [1.82, 2.24) is 4.90 Å². The van der Waals surface area contributed by atoms with E-state index in [2.05, 4.69) is 17.3 Å². The monoisotopic (exact) mass is 282 g/mol. The van der Waals surface area contributed by atoms with Crippen LogP contribution in [0.15, 0.2) is 24.3 Å². The van der Waals surface area contributed by atoms with Crippen LogP contribution in [-0.2, 0) is 4.74 Å². The largest absolute Gasteiger partial charge is 0.384 e. The van der Waals surface area contributed by atoms with Gasteiger partial charge in [-0.15, -0.1) is 0 Å². The van der Waals surface area contributed by atoms with Gasteiger partial charge in [-0.1, -0.05) is 11.6 Å². The summed E-state index contributed by atoms with van der Waals surface area (Å²) < 4.78 is 5.51. The average Bonchev–Trinajstić information content (AvgIpc) is 2.42. The first-order valence-corrected chi connectivity index (χ1v) is 7.37. The highest BCUT2D eigenvalue weighted by Gasteiger charge is 2.15. The van der Waals surface area contributed by atoms with Crippen LogP contribution in [0.3, 0.4) is 0 Å². The van der Waals surface area contributed by atoms with E-state index in [0.29, 0.717) is 5.92 Å². The van der Waals surface area contributed by atoms with Crippen LogP contribution in [0.4, 0.5) is 5.69 Å². The van der Waals surface area contributed by atoms with Crippen LogP contribution in [0, 0.1) is 5.92 Å². The SMILES string of the molecule is CN(CCNc1ccc(Cl)cc1)CC1CCCOC1. The van der Waals surface area contributed by atoms with Crippen molar-refractivity contribution in [2.45, 2.75) is 12.8 Å². The molecular weight excluding hydrogens is 260 g/mol. The Hall–Kier alpha value is -0.770. The van der Waals surface area contributed by atoms with Gasteiger partial charge in [-0.25, -0.2) is 0 Å². The van der Waals surface area contributed by atoms with Crippen LogP contribution in [-0.4, -0.2) is 44.8 Å². The lowest BCUT2D eigenvalue weighted by atomic mass is 10.0. The Morgan fingerprint density at radius 3 is 2.84 bits per heavy atom. The van der Waals surface area contributed by atoms with Gasteiger partial charge < -0.3 is 15.0 Å². The van der Waals surface area contributed by atoms with E-state index in [9.17, 15) is 0 Å². The second-order valence-corrected chi connectivity index (χ2v) is 5.72. The molecule has 1 aliphatic rings. The molecule has 1 fully saturated rings. The topological polar surface area (TPSA) is 24.5 Å². The molecule has 0 amide bonds. The van der Waals surface area contributed by atoms with Crippen molar-refractivity contribution in [1.29, 1.82) is 0 Å². The van der Waals surface area contributed by atoms with E-state index in [1.54, 1.807) is 0 Å². The molecule has 1 aromatic rings. The summed E-state index contributed by atoms with van der Waals surface area (Å²) in [7, 11) is 2.18. The molecule has 2 rings (SSSR count). The smallest absolute Gasteiger partial charge is 0.0506 e. The highest BCUT2D eigenvalue weighted by Crippen LogP contribution is 2.15. The molecule has 4 heteroatoms. The first kappa shape index (κ1) is 14.6. The third-order valence-electron chi connectivity index (χ3n) is 3.49. The van der Waals surface area contributed by atoms with Crippen LogP contribution >= 0.6 is 11.6 Å². The minimum Gasteiger partial charge on any atom is -0.384 e. The molecule has 1 heterocycles. The van der Waals surface area contributed by atoms with Gasteiger partial charge in [0.2, 0.25) is 0 Å². The Labute approximate surface area is 120 Å². The van der Waals surface area contributed by atoms with E-state index in [4.69, 9.17) is 16.3 Å². The Balaban J connectivity index is 1.63. The molecular formula is C15H23ClN2O. The van der Waals surface area contributed by atoms with Crippen molar-refractivity contribution in [3.8, 4) is 0 Å². The molecule has 1 aliphatic heterocycles. The van der Waals surface area contributed by atoms with Crippen molar-refractivity contribution in [2.24, 2.45) is 5.92 Å². The summed E-state index contributed by atoms with van der Waals surface area (Å²) in [6, 6.07) is 7.84. The van der Waals surface area contributed by atoms with Gasteiger partial charge in [0, 0.05) is 37.0 Å². The van der Waals surface area contributed by atoms with Gasteiger partial charge in [0.05, 0.1) is 6.61 Å². The molecule has 0 aliphatic carbocycles. The maximum atomic E-state index is 5.86. The van der Waals surface area contributed by atoms with Gasteiger partial charge in [-0.3, -0.25) is 0 Å². The summed E-state index contributed by atoms with van der Waals surface area (Å²) in [5.41, 5.74) is 1.12. The normalized spacial score (nSPS) is 19.6. The fourth-order valence-electron chi connectivity index (χ4n) is 2.44. The molecule has 0 aromatic heterocycles. The van der Waals surface area contributed by atoms with E-state index in [1.165, 1.54) is 12.8 Å². The number of halogens is 1. The van der Waals surface area contributed by atoms with Crippen LogP contribution in [0.25, 0.3) is 0 Å². The Kier molecular flexibility index (Phi) is 5.95. The number of hydrogen-bond donors (Lipinski definition) is 1. The van der Waals surface area contributed by atoms with E-state index in [-0.39, 0.29) is 0 Å². The molecule has 0 spiro atoms. The third-order valence-corrected chi connectivity index (χ3v) is 3.74. The average molecular weight is 283 g/mol. The van der Waals surface area contributed by atoms with Gasteiger partial charge in [0.15, 0.2) is 0 Å². The van der Waals surface area contributed by atoms with Crippen LogP contribution in [0.1, 0.15) is 12.8 Å². The second-order valence-electron chi connectivity index (χ2n) is 5.28. The van der Waals surface area contributed by atoms with Crippen molar-refractivity contribution in [3.05, 3.63) is 29.3 Å². The van der Waals surface area contributed by atoms with E-state index in [1.807, 2.05) is 24.3 Å². The number of rotatable bonds is 6. The highest BCUT2D eigenvalue weighted by atomic mass is 35.5. The molecule has 1 saturated heterocycles. The van der Waals surface area contributed by atoms with E-state index in [0.717, 1.165) is 43.6 Å². The van der Waals surface area contributed by atoms with Gasteiger partial charge in [-0.2, -0.15) is 0 Å². The summed E-state index contributed by atoms with van der Waals surface area (Å²) in [4.78, 5) is 2.38. The number of benzene rings is 1. The molecule has 1 aromatic carbocycles. The van der Waals surface area contributed by atoms with Crippen LogP contribution in [0.2, 0.25) is 5.02 Å². The van der Waals surface area contributed by atoms with Gasteiger partial charge in [-0.05, 0) is 50.1 Å². The minimum atomic E-state index is 0.703. The Morgan fingerprint density at radius 2 is 2.16 bits per heavy atom. The third kappa shape index (κ3) is 5.39. The molecule has 19 heavy (non-hydrogen) atoms. The van der Waals surface area contributed by atoms with E-state index >= 15 is 0 Å². The number of likely N-dealkylation sites (N-methyl/N-ethyl adjacent to an activating group) is 1. The maximum Gasteiger partial charge on any atom is 0.0506 e. The number of ether oxygens (including phenoxy) is 1. The number of nitrogens with one attached hydrogen (secondary N) is 1. The van der Waals surface area contributed by atoms with E-state index < -0.39 is 0 Å². The highest BCUT2D eigenvalue weighted by molar-refractivity contribution is 6.30. The summed E-state index contributed by atoms with van der Waals surface area (Å²) in [6.45, 7) is 4.99. The molecule has 1 N–H and O–H groups in total. The standard InChI is InChI=1S/C15H23ClN2O/c1-18(11-13-3-2-10-19-12-13)9-8-17-15-6-4-14(16)5-7-15/h4-7,13,17H,2-3,8-12H2,1H3. The van der Waals surface area contributed by atoms with Gasteiger partial charge in [0.25, 0.3) is 0 Å². The van der Waals surface area contributed by atoms with Crippen molar-refractivity contribution >= 4 is 17.3 Å². The molecule has 0 bridgehead atoms. The molecule has 0 saturated carbocycles. The number of hydrogen-bond acceptors (Lipinski definition) is 3. The summed E-state index contributed by atoms with van der Waals surface area (Å²) in [5, 5.41) is 4.19. The Bertz CT molecular complexity index is 363. The second kappa shape index (κ2) is 7.73. The lowest BCUT2D eigenvalue weighted by Gasteiger charge is -2.27. The molecule has 3 nitrogen and oxygen atoms in total. The Morgan fingerprint density at radius 1 is 1.37 bits per heavy atom. The fourth-order valence-corrected chi connectivity index (χ4v) is 2.57. The number of nitrogens with zero attached hydrogens (tertiary/aromatic N) is 1. The number of anilines is 1. The summed E-state index contributed by atoms with van der Waals surface area (Å²) >= 11 is 5.86. The van der Waals surface area contributed by atoms with Crippen molar-refractivity contribution in [2.75, 3.05) is 45.2 Å². The zero-order valence-electron chi connectivity index (χ0n) is 11.6. The van der Waals surface area contributed by atoms with Crippen molar-refractivity contribution < 1.29 is 4.74 Å².